The van der Waals surface area contributed by atoms with Gasteiger partial charge in [0.1, 0.15) is 12.4 Å². The van der Waals surface area contributed by atoms with Crippen LogP contribution in [0.5, 0.6) is 0 Å². The highest BCUT2D eigenvalue weighted by Gasteiger charge is 2.26. The third kappa shape index (κ3) is 3.05. The number of carbonyl (C=O) groups excluding carboxylic acids is 2. The van der Waals surface area contributed by atoms with E-state index in [1.807, 2.05) is 25.3 Å². The Morgan fingerprint density at radius 3 is 2.73 bits per heavy atom. The fourth-order valence-electron chi connectivity index (χ4n) is 2.87. The third-order valence-corrected chi connectivity index (χ3v) is 4.59. The molecule has 2 heterocycles. The number of nitrogens with one attached hydrogen (secondary N) is 1. The van der Waals surface area contributed by atoms with Crippen molar-refractivity contribution in [1.82, 2.24) is 14.8 Å². The van der Waals surface area contributed by atoms with Crippen LogP contribution in [0.15, 0.2) is 18.3 Å². The van der Waals surface area contributed by atoms with E-state index in [1.165, 1.54) is 29.7 Å². The van der Waals surface area contributed by atoms with Crippen molar-refractivity contribution in [3.05, 3.63) is 23.9 Å². The molecule has 1 N–H and O–H groups in total. The van der Waals surface area contributed by atoms with E-state index in [4.69, 9.17) is 0 Å². The minimum absolute atomic E-state index is 0.00260. The van der Waals surface area contributed by atoms with E-state index in [1.54, 1.807) is 4.90 Å². The maximum absolute atomic E-state index is 12.2. The highest BCUT2D eigenvalue weighted by atomic mass is 16.2. The smallest absolute Gasteiger partial charge is 0.323 e. The Morgan fingerprint density at radius 1 is 1.36 bits per heavy atom. The summed E-state index contributed by atoms with van der Waals surface area (Å²) in [5, 5.41) is 2.77. The normalized spacial score (nSPS) is 19.0. The lowest BCUT2D eigenvalue weighted by molar-refractivity contribution is -0.134. The molecule has 1 aromatic heterocycles. The van der Waals surface area contributed by atoms with Crippen molar-refractivity contribution in [3.8, 4) is 0 Å². The van der Waals surface area contributed by atoms with Crippen molar-refractivity contribution >= 4 is 17.8 Å². The zero-order valence-corrected chi connectivity index (χ0v) is 12.9. The predicted octanol–water partition coefficient (Wildman–Crippen LogP) is 2.05. The van der Waals surface area contributed by atoms with Crippen molar-refractivity contribution in [3.63, 3.8) is 0 Å². The summed E-state index contributed by atoms with van der Waals surface area (Å²) in [6, 6.07) is 3.62. The summed E-state index contributed by atoms with van der Waals surface area (Å²) < 4.78 is 0. The average molecular weight is 302 g/mol. The Hall–Kier alpha value is -2.11. The van der Waals surface area contributed by atoms with Crippen LogP contribution in [-0.2, 0) is 4.79 Å². The van der Waals surface area contributed by atoms with Gasteiger partial charge >= 0.3 is 6.03 Å². The van der Waals surface area contributed by atoms with Crippen molar-refractivity contribution < 1.29 is 9.59 Å². The third-order valence-electron chi connectivity index (χ3n) is 4.59. The zero-order valence-electron chi connectivity index (χ0n) is 12.9. The minimum atomic E-state index is -0.256. The molecule has 118 valence electrons. The Kier molecular flexibility index (Phi) is 4.27. The molecule has 0 spiro atoms. The summed E-state index contributed by atoms with van der Waals surface area (Å²) in [5.74, 6) is 1.17. The molecule has 0 unspecified atom stereocenters. The maximum atomic E-state index is 12.2. The van der Waals surface area contributed by atoms with Crippen LogP contribution < -0.4 is 5.32 Å². The maximum Gasteiger partial charge on any atom is 0.323 e. The van der Waals surface area contributed by atoms with Crippen LogP contribution in [0.3, 0.4) is 0 Å². The molecule has 1 aromatic rings. The molecular weight excluding hydrogens is 280 g/mol. The lowest BCUT2D eigenvalue weighted by atomic mass is 9.81. The van der Waals surface area contributed by atoms with Crippen LogP contribution in [-0.4, -0.2) is 52.9 Å². The van der Waals surface area contributed by atoms with Gasteiger partial charge in [-0.1, -0.05) is 12.5 Å². The zero-order chi connectivity index (χ0) is 15.5. The molecule has 1 aliphatic carbocycles. The number of urea groups is 1. The summed E-state index contributed by atoms with van der Waals surface area (Å²) in [6.45, 7) is 3.93. The molecule has 0 radical (unpaired) electrons. The molecule has 6 heteroatoms. The second-order valence-electron chi connectivity index (χ2n) is 5.93. The van der Waals surface area contributed by atoms with Crippen LogP contribution in [0.25, 0.3) is 0 Å². The second kappa shape index (κ2) is 6.34. The van der Waals surface area contributed by atoms with E-state index >= 15 is 0 Å². The Morgan fingerprint density at radius 2 is 2.18 bits per heavy atom. The lowest BCUT2D eigenvalue weighted by Gasteiger charge is -2.33. The van der Waals surface area contributed by atoms with Crippen LogP contribution in [0.1, 0.15) is 37.7 Å². The first-order valence-corrected chi connectivity index (χ1v) is 7.97. The molecule has 0 bridgehead atoms. The van der Waals surface area contributed by atoms with Crippen LogP contribution in [0.2, 0.25) is 0 Å². The molecule has 1 saturated carbocycles. The molecule has 1 saturated heterocycles. The molecule has 2 fully saturated rings. The first-order chi connectivity index (χ1) is 10.7. The Labute approximate surface area is 130 Å². The number of likely N-dealkylation sites (N-methyl/N-ethyl adjacent to an activating group) is 1. The number of hydrogen-bond acceptors (Lipinski definition) is 3. The summed E-state index contributed by atoms with van der Waals surface area (Å²) in [7, 11) is 0. The van der Waals surface area contributed by atoms with Gasteiger partial charge in [0.15, 0.2) is 0 Å². The molecule has 3 rings (SSSR count). The number of carbonyl (C=O) groups is 2. The number of piperazine rings is 1. The number of pyridine rings is 1. The van der Waals surface area contributed by atoms with E-state index in [9.17, 15) is 9.59 Å². The van der Waals surface area contributed by atoms with Crippen LogP contribution >= 0.6 is 0 Å². The molecule has 0 aromatic carbocycles. The van der Waals surface area contributed by atoms with E-state index in [0.717, 1.165) is 0 Å². The van der Waals surface area contributed by atoms with E-state index in [-0.39, 0.29) is 18.5 Å². The van der Waals surface area contributed by atoms with E-state index in [0.29, 0.717) is 31.4 Å². The van der Waals surface area contributed by atoms with E-state index in [2.05, 4.69) is 10.3 Å². The van der Waals surface area contributed by atoms with Crippen molar-refractivity contribution in [2.75, 3.05) is 31.5 Å². The van der Waals surface area contributed by atoms with Crippen molar-refractivity contribution in [2.45, 2.75) is 32.1 Å². The SMILES string of the molecule is CCN1CCN(C(=O)Nc2ccc(C3CCC3)cn2)CC1=O. The number of nitrogens with zero attached hydrogens (tertiary/aromatic N) is 3. The van der Waals surface area contributed by atoms with Gasteiger partial charge in [0, 0.05) is 25.8 Å². The van der Waals surface area contributed by atoms with E-state index < -0.39 is 0 Å². The summed E-state index contributed by atoms with van der Waals surface area (Å²) >= 11 is 0. The van der Waals surface area contributed by atoms with Gasteiger partial charge in [0.05, 0.1) is 0 Å². The lowest BCUT2D eigenvalue weighted by Crippen LogP contribution is -2.53. The number of aromatic nitrogens is 1. The van der Waals surface area contributed by atoms with Gasteiger partial charge in [-0.3, -0.25) is 10.1 Å². The molecule has 2 aliphatic rings. The topological polar surface area (TPSA) is 65.5 Å². The molecule has 6 nitrogen and oxygen atoms in total. The van der Waals surface area contributed by atoms with Gasteiger partial charge in [-0.15, -0.1) is 0 Å². The first-order valence-electron chi connectivity index (χ1n) is 7.97. The van der Waals surface area contributed by atoms with Crippen molar-refractivity contribution in [1.29, 1.82) is 0 Å². The molecule has 3 amide bonds. The number of rotatable bonds is 3. The van der Waals surface area contributed by atoms with Crippen LogP contribution in [0.4, 0.5) is 10.6 Å². The largest absolute Gasteiger partial charge is 0.340 e. The standard InChI is InChI=1S/C16H22N4O2/c1-2-19-8-9-20(11-15(19)21)16(22)18-14-7-6-13(10-17-14)12-4-3-5-12/h6-7,10,12H,2-5,8-9,11H2,1H3,(H,17,18,22). The number of amides is 3. The summed E-state index contributed by atoms with van der Waals surface area (Å²) in [5.41, 5.74) is 1.25. The van der Waals surface area contributed by atoms with Gasteiger partial charge in [-0.05, 0) is 37.3 Å². The number of hydrogen-bond donors (Lipinski definition) is 1. The highest BCUT2D eigenvalue weighted by molar-refractivity contribution is 5.92. The van der Waals surface area contributed by atoms with Crippen LogP contribution in [0, 0.1) is 0 Å². The average Bonchev–Trinajstić information content (AvgIpc) is 2.47. The highest BCUT2D eigenvalue weighted by Crippen LogP contribution is 2.36. The fourth-order valence-corrected chi connectivity index (χ4v) is 2.87. The molecule has 0 atom stereocenters. The number of anilines is 1. The van der Waals surface area contributed by atoms with Gasteiger partial charge < -0.3 is 9.80 Å². The molecule has 1 aliphatic heterocycles. The van der Waals surface area contributed by atoms with Gasteiger partial charge in [0.2, 0.25) is 5.91 Å². The summed E-state index contributed by atoms with van der Waals surface area (Å²) in [4.78, 5) is 31.6. The van der Waals surface area contributed by atoms with Gasteiger partial charge in [0.25, 0.3) is 0 Å². The Balaban J connectivity index is 1.56. The molecule has 22 heavy (non-hydrogen) atoms. The minimum Gasteiger partial charge on any atom is -0.340 e. The predicted molar refractivity (Wildman–Crippen MR) is 83.7 cm³/mol. The fraction of sp³-hybridized carbons (Fsp3) is 0.562. The van der Waals surface area contributed by atoms with Gasteiger partial charge in [-0.2, -0.15) is 0 Å². The molecular formula is C16H22N4O2. The monoisotopic (exact) mass is 302 g/mol. The van der Waals surface area contributed by atoms with Crippen molar-refractivity contribution in [2.24, 2.45) is 0 Å². The van der Waals surface area contributed by atoms with Gasteiger partial charge in [-0.25, -0.2) is 9.78 Å². The quantitative estimate of drug-likeness (QED) is 0.929. The first kappa shape index (κ1) is 14.8. The second-order valence-corrected chi connectivity index (χ2v) is 5.93. The Bertz CT molecular complexity index is 554. The summed E-state index contributed by atoms with van der Waals surface area (Å²) in [6.07, 6.45) is 5.61.